The van der Waals surface area contributed by atoms with Gasteiger partial charge in [0, 0.05) is 18.2 Å². The number of ether oxygens (including phenoxy) is 1. The molecule has 1 N–H and O–H groups in total. The summed E-state index contributed by atoms with van der Waals surface area (Å²) in [5.41, 5.74) is -2.28. The molecule has 1 saturated carbocycles. The number of carboxylic acids is 1. The van der Waals surface area contributed by atoms with Crippen LogP contribution >= 0.6 is 0 Å². The lowest BCUT2D eigenvalue weighted by atomic mass is 10.1. The predicted octanol–water partition coefficient (Wildman–Crippen LogP) is 3.03. The van der Waals surface area contributed by atoms with Gasteiger partial charge in [-0.25, -0.2) is 13.6 Å². The molecule has 5 nitrogen and oxygen atoms in total. The predicted molar refractivity (Wildman–Crippen MR) is 75.0 cm³/mol. The third kappa shape index (κ3) is 2.49. The summed E-state index contributed by atoms with van der Waals surface area (Å²) in [5.74, 6) is -3.19. The van der Waals surface area contributed by atoms with Crippen molar-refractivity contribution < 1.29 is 32.2 Å². The minimum Gasteiger partial charge on any atom is -0.477 e. The SMILES string of the molecule is Cc1c(F)cc2c(=O)c(C(=O)O)cn(C3CC3F)c2c1OC(F)F. The maximum Gasteiger partial charge on any atom is 0.387 e. The number of pyridine rings is 1. The molecule has 2 atom stereocenters. The summed E-state index contributed by atoms with van der Waals surface area (Å²) in [6.45, 7) is -2.12. The van der Waals surface area contributed by atoms with Crippen molar-refractivity contribution in [2.24, 2.45) is 0 Å². The average molecular weight is 345 g/mol. The molecule has 0 radical (unpaired) electrons. The maximum absolute atomic E-state index is 14.0. The Bertz CT molecular complexity index is 909. The molecule has 9 heteroatoms. The van der Waals surface area contributed by atoms with Gasteiger partial charge < -0.3 is 14.4 Å². The van der Waals surface area contributed by atoms with Gasteiger partial charge >= 0.3 is 12.6 Å². The van der Waals surface area contributed by atoms with Gasteiger partial charge in [0.25, 0.3) is 0 Å². The fraction of sp³-hybridized carbons (Fsp3) is 0.333. The van der Waals surface area contributed by atoms with E-state index in [0.717, 1.165) is 16.8 Å². The van der Waals surface area contributed by atoms with E-state index in [4.69, 9.17) is 5.11 Å². The van der Waals surface area contributed by atoms with Crippen molar-refractivity contribution in [2.45, 2.75) is 32.2 Å². The zero-order valence-electron chi connectivity index (χ0n) is 12.2. The molecule has 0 saturated heterocycles. The third-order valence-corrected chi connectivity index (χ3v) is 3.93. The van der Waals surface area contributed by atoms with Crippen molar-refractivity contribution in [3.8, 4) is 5.75 Å². The summed E-state index contributed by atoms with van der Waals surface area (Å²) < 4.78 is 58.3. The number of hydrogen-bond donors (Lipinski definition) is 1. The van der Waals surface area contributed by atoms with Crippen LogP contribution in [0.1, 0.15) is 28.4 Å². The van der Waals surface area contributed by atoms with Gasteiger partial charge in [0.05, 0.1) is 16.9 Å². The number of carboxylic acid groups (broad SMARTS) is 1. The van der Waals surface area contributed by atoms with Gasteiger partial charge in [-0.3, -0.25) is 4.79 Å². The number of benzene rings is 1. The van der Waals surface area contributed by atoms with Gasteiger partial charge in [-0.05, 0) is 13.0 Å². The van der Waals surface area contributed by atoms with E-state index in [0.29, 0.717) is 0 Å². The lowest BCUT2D eigenvalue weighted by Crippen LogP contribution is -2.20. The number of rotatable bonds is 4. The fourth-order valence-corrected chi connectivity index (χ4v) is 2.64. The standard InChI is InChI=1S/C15H11F4NO4/c1-5-8(16)2-6-11(13(5)24-15(18)19)20(10-3-9(10)17)4-7(12(6)21)14(22)23/h2,4,9-10,15H,3H2,1H3,(H,22,23). The Hall–Kier alpha value is -2.58. The summed E-state index contributed by atoms with van der Waals surface area (Å²) >= 11 is 0. The highest BCUT2D eigenvalue weighted by Gasteiger charge is 2.41. The minimum atomic E-state index is -3.29. The van der Waals surface area contributed by atoms with Crippen LogP contribution in [-0.4, -0.2) is 28.4 Å². The molecule has 24 heavy (non-hydrogen) atoms. The lowest BCUT2D eigenvalue weighted by molar-refractivity contribution is -0.0496. The van der Waals surface area contributed by atoms with Crippen molar-refractivity contribution in [3.63, 3.8) is 0 Å². The Morgan fingerprint density at radius 1 is 1.46 bits per heavy atom. The maximum atomic E-state index is 14.0. The topological polar surface area (TPSA) is 68.5 Å². The van der Waals surface area contributed by atoms with E-state index in [-0.39, 0.29) is 17.5 Å². The van der Waals surface area contributed by atoms with Crippen LogP contribution in [0.5, 0.6) is 5.75 Å². The first-order valence-electron chi connectivity index (χ1n) is 6.92. The first kappa shape index (κ1) is 16.3. The smallest absolute Gasteiger partial charge is 0.387 e. The number of aromatic carboxylic acids is 1. The third-order valence-electron chi connectivity index (χ3n) is 3.93. The second-order valence-corrected chi connectivity index (χ2v) is 5.49. The number of hydrogen-bond acceptors (Lipinski definition) is 3. The van der Waals surface area contributed by atoms with Gasteiger partial charge in [-0.2, -0.15) is 8.78 Å². The minimum absolute atomic E-state index is 0.0293. The molecule has 0 aliphatic heterocycles. The molecular weight excluding hydrogens is 334 g/mol. The van der Waals surface area contributed by atoms with Crippen LogP contribution in [0.2, 0.25) is 0 Å². The van der Waals surface area contributed by atoms with Crippen LogP contribution in [0.3, 0.4) is 0 Å². The van der Waals surface area contributed by atoms with Crippen molar-refractivity contribution >= 4 is 16.9 Å². The monoisotopic (exact) mass is 345 g/mol. The van der Waals surface area contributed by atoms with Crippen molar-refractivity contribution in [1.29, 1.82) is 0 Å². The Labute approximate surface area is 132 Å². The van der Waals surface area contributed by atoms with Gasteiger partial charge in [0.1, 0.15) is 17.6 Å². The summed E-state index contributed by atoms with van der Waals surface area (Å²) in [5, 5.41) is 8.65. The highest BCUT2D eigenvalue weighted by Crippen LogP contribution is 2.43. The van der Waals surface area contributed by atoms with Crippen LogP contribution in [0.15, 0.2) is 17.1 Å². The first-order valence-corrected chi connectivity index (χ1v) is 6.92. The second kappa shape index (κ2) is 5.50. The first-order chi connectivity index (χ1) is 11.2. The number of fused-ring (bicyclic) bond motifs is 1. The second-order valence-electron chi connectivity index (χ2n) is 5.49. The number of nitrogens with zero attached hydrogens (tertiary/aromatic N) is 1. The van der Waals surface area contributed by atoms with Crippen LogP contribution in [0.25, 0.3) is 10.9 Å². The van der Waals surface area contributed by atoms with E-state index < -0.39 is 52.7 Å². The van der Waals surface area contributed by atoms with Crippen molar-refractivity contribution in [3.05, 3.63) is 39.4 Å². The normalized spacial score (nSPS) is 19.8. The highest BCUT2D eigenvalue weighted by atomic mass is 19.3. The summed E-state index contributed by atoms with van der Waals surface area (Å²) in [6.07, 6.45) is -0.406. The molecule has 1 aromatic carbocycles. The molecule has 1 heterocycles. The van der Waals surface area contributed by atoms with E-state index in [1.807, 2.05) is 0 Å². The van der Waals surface area contributed by atoms with E-state index >= 15 is 0 Å². The van der Waals surface area contributed by atoms with E-state index in [9.17, 15) is 27.2 Å². The molecule has 1 aromatic heterocycles. The van der Waals surface area contributed by atoms with Crippen molar-refractivity contribution in [1.82, 2.24) is 4.57 Å². The molecule has 0 amide bonds. The molecule has 1 aliphatic rings. The quantitative estimate of drug-likeness (QED) is 0.865. The Morgan fingerprint density at radius 3 is 2.58 bits per heavy atom. The van der Waals surface area contributed by atoms with Crippen LogP contribution < -0.4 is 10.2 Å². The molecule has 128 valence electrons. The molecule has 2 aromatic rings. The summed E-state index contributed by atoms with van der Waals surface area (Å²) in [4.78, 5) is 23.5. The van der Waals surface area contributed by atoms with Crippen molar-refractivity contribution in [2.75, 3.05) is 0 Å². The lowest BCUT2D eigenvalue weighted by Gasteiger charge is -2.17. The molecular formula is C15H11F4NO4. The van der Waals surface area contributed by atoms with Gasteiger partial charge in [0.2, 0.25) is 5.43 Å². The fourth-order valence-electron chi connectivity index (χ4n) is 2.64. The zero-order valence-corrected chi connectivity index (χ0v) is 12.2. The number of aromatic nitrogens is 1. The van der Waals surface area contributed by atoms with E-state index in [1.165, 1.54) is 6.92 Å². The highest BCUT2D eigenvalue weighted by molar-refractivity contribution is 5.95. The van der Waals surface area contributed by atoms with Crippen LogP contribution in [0, 0.1) is 12.7 Å². The van der Waals surface area contributed by atoms with Gasteiger partial charge in [-0.1, -0.05) is 0 Å². The summed E-state index contributed by atoms with van der Waals surface area (Å²) in [7, 11) is 0. The molecule has 1 fully saturated rings. The molecule has 2 unspecified atom stereocenters. The number of halogens is 4. The molecule has 0 spiro atoms. The zero-order chi connectivity index (χ0) is 17.8. The Balaban J connectivity index is 2.45. The Kier molecular flexibility index (Phi) is 3.73. The van der Waals surface area contributed by atoms with Gasteiger partial charge in [0.15, 0.2) is 5.75 Å². The number of carbonyl (C=O) groups is 1. The van der Waals surface area contributed by atoms with Crippen LogP contribution in [-0.2, 0) is 0 Å². The number of alkyl halides is 3. The van der Waals surface area contributed by atoms with E-state index in [1.54, 1.807) is 0 Å². The largest absolute Gasteiger partial charge is 0.477 e. The van der Waals surface area contributed by atoms with Gasteiger partial charge in [-0.15, -0.1) is 0 Å². The van der Waals surface area contributed by atoms with E-state index in [2.05, 4.69) is 4.74 Å². The molecule has 3 rings (SSSR count). The van der Waals surface area contributed by atoms with Crippen LogP contribution in [0.4, 0.5) is 17.6 Å². The Morgan fingerprint density at radius 2 is 2.08 bits per heavy atom. The average Bonchev–Trinajstić information content (AvgIpc) is 3.21. The molecule has 0 bridgehead atoms. The molecule has 1 aliphatic carbocycles. The summed E-state index contributed by atoms with van der Waals surface area (Å²) in [6, 6.07) is -0.0692.